The predicted molar refractivity (Wildman–Crippen MR) is 31.0 cm³/mol. The molecule has 0 aromatic carbocycles. The second-order valence-corrected chi connectivity index (χ2v) is 0.697. The zero-order chi connectivity index (χ0) is 4.12. The van der Waals surface area contributed by atoms with Crippen LogP contribution < -0.4 is 11.2 Å². The molecule has 5 heteroatoms. The fourth-order valence-corrected chi connectivity index (χ4v) is 0.0645. The van der Waals surface area contributed by atoms with E-state index in [2.05, 4.69) is 0 Å². The molecule has 7 heavy (non-hydrogen) atoms. The van der Waals surface area contributed by atoms with Crippen molar-refractivity contribution in [2.45, 2.75) is 0 Å². The zero-order valence-electron chi connectivity index (χ0n) is 3.44. The minimum absolute atomic E-state index is 0. The topological polar surface area (TPSA) is 89.8 Å². The minimum atomic E-state index is 0. The van der Waals surface area contributed by atoms with Crippen LogP contribution in [0.4, 0.5) is 0 Å². The Hall–Kier alpha value is 1.10. The third kappa shape index (κ3) is 19.2. The van der Waals surface area contributed by atoms with E-state index in [1.165, 1.54) is 0 Å². The van der Waals surface area contributed by atoms with Crippen LogP contribution in [0.25, 0.3) is 0 Å². The quantitative estimate of drug-likeness (QED) is 0.282. The second kappa shape index (κ2) is 15.7. The molecular weight excluding hydrogens is 124 g/mol. The van der Waals surface area contributed by atoms with Crippen LogP contribution in [0, 0.1) is 0 Å². The van der Waals surface area contributed by atoms with E-state index in [9.17, 15) is 0 Å². The van der Waals surface area contributed by atoms with Crippen molar-refractivity contribution in [2.24, 2.45) is 5.73 Å². The van der Waals surface area contributed by atoms with Gasteiger partial charge in [-0.2, -0.15) is 0 Å². The number of hydrogen-bond donors (Lipinski definition) is 3. The Morgan fingerprint density at radius 2 is 2.00 bits per heavy atom. The number of nitrogens with two attached hydrogens (primary N) is 1. The fourth-order valence-electron chi connectivity index (χ4n) is 0.0645. The van der Waals surface area contributed by atoms with Crippen LogP contribution >= 0.6 is 0 Å². The fraction of sp³-hybridized carbons (Fsp3) is 1.00. The van der Waals surface area contributed by atoms with E-state index in [4.69, 9.17) is 10.9 Å². The normalized spacial score (nSPS) is 6.00. The standard InChI is InChI=1S/C2H8N2O.Ca.H2O.2H/c3-1-2-4-5;;;;/h4-5H,1-3H2;;1H2;;. The van der Waals surface area contributed by atoms with Crippen LogP contribution in [0.3, 0.4) is 0 Å². The molecule has 0 saturated carbocycles. The van der Waals surface area contributed by atoms with Crippen molar-refractivity contribution in [1.82, 2.24) is 5.48 Å². The van der Waals surface area contributed by atoms with Gasteiger partial charge in [0.1, 0.15) is 0 Å². The van der Waals surface area contributed by atoms with Crippen molar-refractivity contribution in [3.05, 3.63) is 0 Å². The van der Waals surface area contributed by atoms with Crippen LogP contribution in [0.15, 0.2) is 0 Å². The molecule has 0 radical (unpaired) electrons. The van der Waals surface area contributed by atoms with E-state index in [-0.39, 0.29) is 43.2 Å². The van der Waals surface area contributed by atoms with E-state index < -0.39 is 0 Å². The Kier molecular flexibility index (Phi) is 35.2. The molecule has 0 rings (SSSR count). The number of nitrogens with one attached hydrogen (secondary N) is 1. The maximum atomic E-state index is 7.74. The van der Waals surface area contributed by atoms with Gasteiger partial charge in [-0.3, -0.25) is 0 Å². The number of hydrogen-bond acceptors (Lipinski definition) is 3. The van der Waals surface area contributed by atoms with Gasteiger partial charge in [-0.25, -0.2) is 5.48 Å². The van der Waals surface area contributed by atoms with Crippen LogP contribution in [0.5, 0.6) is 0 Å². The van der Waals surface area contributed by atoms with Gasteiger partial charge in [0, 0.05) is 13.1 Å². The summed E-state index contributed by atoms with van der Waals surface area (Å²) in [7, 11) is 0. The van der Waals surface area contributed by atoms with Crippen molar-refractivity contribution < 1.29 is 10.7 Å². The van der Waals surface area contributed by atoms with Gasteiger partial charge < -0.3 is 16.4 Å². The van der Waals surface area contributed by atoms with E-state index in [1.54, 1.807) is 0 Å². The molecule has 44 valence electrons. The SMILES string of the molecule is NCCNO.O.[CaH2]. The molecule has 6 N–H and O–H groups in total. The third-order valence-corrected chi connectivity index (χ3v) is 0.256. The molecule has 0 heterocycles. The molecular formula is C2H12CaN2O2. The summed E-state index contributed by atoms with van der Waals surface area (Å²) >= 11 is 0. The van der Waals surface area contributed by atoms with E-state index in [0.29, 0.717) is 13.1 Å². The van der Waals surface area contributed by atoms with Gasteiger partial charge in [-0.1, -0.05) is 0 Å². The van der Waals surface area contributed by atoms with Gasteiger partial charge in [-0.15, -0.1) is 0 Å². The van der Waals surface area contributed by atoms with E-state index in [0.717, 1.165) is 0 Å². The van der Waals surface area contributed by atoms with Gasteiger partial charge in [0.25, 0.3) is 0 Å². The van der Waals surface area contributed by atoms with Crippen LogP contribution in [0.2, 0.25) is 0 Å². The summed E-state index contributed by atoms with van der Waals surface area (Å²) in [5.74, 6) is 0. The molecule has 0 bridgehead atoms. The Morgan fingerprint density at radius 3 is 2.00 bits per heavy atom. The first-order valence-corrected chi connectivity index (χ1v) is 1.49. The molecule has 0 amide bonds. The molecule has 0 unspecified atom stereocenters. The summed E-state index contributed by atoms with van der Waals surface area (Å²) in [5.41, 5.74) is 6.81. The van der Waals surface area contributed by atoms with Crippen molar-refractivity contribution in [1.29, 1.82) is 0 Å². The van der Waals surface area contributed by atoms with Crippen LogP contribution in [-0.4, -0.2) is 61.5 Å². The first-order valence-electron chi connectivity index (χ1n) is 1.49. The van der Waals surface area contributed by atoms with Crippen molar-refractivity contribution >= 4 is 37.7 Å². The molecule has 0 spiro atoms. The molecule has 4 nitrogen and oxygen atoms in total. The molecule has 0 aliphatic rings. The molecule has 0 aliphatic carbocycles. The Morgan fingerprint density at radius 1 is 1.57 bits per heavy atom. The Balaban J connectivity index is -0.0000000800. The number of hydroxylamine groups is 1. The van der Waals surface area contributed by atoms with Crippen molar-refractivity contribution in [3.63, 3.8) is 0 Å². The summed E-state index contributed by atoms with van der Waals surface area (Å²) in [4.78, 5) is 0. The molecule has 0 atom stereocenters. The zero-order valence-corrected chi connectivity index (χ0v) is 3.44. The monoisotopic (exact) mass is 136 g/mol. The van der Waals surface area contributed by atoms with Crippen LogP contribution in [-0.2, 0) is 0 Å². The first-order chi connectivity index (χ1) is 2.41. The van der Waals surface area contributed by atoms with E-state index in [1.807, 2.05) is 5.48 Å². The summed E-state index contributed by atoms with van der Waals surface area (Å²) in [6.45, 7) is 0.955. The summed E-state index contributed by atoms with van der Waals surface area (Å²) in [6, 6.07) is 0. The van der Waals surface area contributed by atoms with Gasteiger partial charge in [-0.05, 0) is 0 Å². The molecule has 0 aromatic rings. The van der Waals surface area contributed by atoms with Crippen molar-refractivity contribution in [3.8, 4) is 0 Å². The second-order valence-electron chi connectivity index (χ2n) is 0.697. The van der Waals surface area contributed by atoms with Gasteiger partial charge in [0.2, 0.25) is 0 Å². The average molecular weight is 136 g/mol. The van der Waals surface area contributed by atoms with Crippen molar-refractivity contribution in [2.75, 3.05) is 13.1 Å². The van der Waals surface area contributed by atoms with Gasteiger partial charge in [0.05, 0.1) is 0 Å². The van der Waals surface area contributed by atoms with Crippen LogP contribution in [0.1, 0.15) is 0 Å². The van der Waals surface area contributed by atoms with Gasteiger partial charge >= 0.3 is 37.7 Å². The molecule has 0 saturated heterocycles. The summed E-state index contributed by atoms with van der Waals surface area (Å²) in [5, 5.41) is 7.74. The maximum absolute atomic E-state index is 7.74. The van der Waals surface area contributed by atoms with Gasteiger partial charge in [0.15, 0.2) is 0 Å². The Labute approximate surface area is 72.3 Å². The molecule has 0 aliphatic heterocycles. The van der Waals surface area contributed by atoms with E-state index >= 15 is 0 Å². The number of rotatable bonds is 2. The predicted octanol–water partition coefficient (Wildman–Crippen LogP) is -2.82. The average Bonchev–Trinajstić information content (AvgIpc) is 1.41. The first kappa shape index (κ1) is 15.7. The summed E-state index contributed by atoms with van der Waals surface area (Å²) in [6.07, 6.45) is 0. The molecule has 0 fully saturated rings. The third-order valence-electron chi connectivity index (χ3n) is 0.256. The summed E-state index contributed by atoms with van der Waals surface area (Å²) < 4.78 is 0. The molecule has 0 aromatic heterocycles. The Bertz CT molecular complexity index is 21.2.